The average Bonchev–Trinajstić information content (AvgIpc) is 3.12. The quantitative estimate of drug-likeness (QED) is 0.128. The van der Waals surface area contributed by atoms with Gasteiger partial charge in [0.25, 0.3) is 0 Å². The third-order valence-electron chi connectivity index (χ3n) is 7.31. The van der Waals surface area contributed by atoms with Crippen molar-refractivity contribution in [1.29, 1.82) is 0 Å². The Bertz CT molecular complexity index is 1410. The third kappa shape index (κ3) is 13.2. The molecule has 3 amide bonds. The zero-order valence-electron chi connectivity index (χ0n) is 28.1. The molecule has 3 atom stereocenters. The predicted molar refractivity (Wildman–Crippen MR) is 198 cm³/mol. The molecule has 4 N–H and O–H groups in total. The van der Waals surface area contributed by atoms with Gasteiger partial charge in [0.05, 0.1) is 27.4 Å². The Morgan fingerprint density at radius 2 is 0.833 bits per heavy atom. The van der Waals surface area contributed by atoms with Gasteiger partial charge in [0.2, 0.25) is 17.7 Å². The van der Waals surface area contributed by atoms with Crippen molar-refractivity contribution in [3.05, 3.63) is 89.5 Å². The van der Waals surface area contributed by atoms with Crippen LogP contribution in [0.1, 0.15) is 16.7 Å². The average molecular weight is 715 g/mol. The van der Waals surface area contributed by atoms with E-state index in [0.29, 0.717) is 28.8 Å². The van der Waals surface area contributed by atoms with Gasteiger partial charge in [0, 0.05) is 41.6 Å². The van der Waals surface area contributed by atoms with E-state index in [4.69, 9.17) is 14.2 Å². The van der Waals surface area contributed by atoms with Crippen LogP contribution >= 0.6 is 35.3 Å². The fourth-order valence-corrected chi connectivity index (χ4v) is 7.56. The molecule has 10 nitrogen and oxygen atoms in total. The molecule has 0 bridgehead atoms. The van der Waals surface area contributed by atoms with Crippen molar-refractivity contribution in [1.82, 2.24) is 21.3 Å². The van der Waals surface area contributed by atoms with E-state index < -0.39 is 24.0 Å². The van der Waals surface area contributed by atoms with Crippen LogP contribution in [0.3, 0.4) is 0 Å². The number of rotatable bonds is 21. The Balaban J connectivity index is 1.64. The van der Waals surface area contributed by atoms with Gasteiger partial charge < -0.3 is 35.5 Å². The minimum atomic E-state index is -0.859. The molecule has 0 aromatic heterocycles. The summed E-state index contributed by atoms with van der Waals surface area (Å²) >= 11 is 4.68. The number of nitrogens with one attached hydrogen (secondary N) is 4. The summed E-state index contributed by atoms with van der Waals surface area (Å²) in [5.41, 5.74) is 3.26. The molecule has 3 aromatic carbocycles. The van der Waals surface area contributed by atoms with E-state index in [0.717, 1.165) is 39.7 Å². The van der Waals surface area contributed by atoms with Gasteiger partial charge in [-0.3, -0.25) is 14.4 Å². The summed E-state index contributed by atoms with van der Waals surface area (Å²) in [5.74, 6) is 4.52. The van der Waals surface area contributed by atoms with Crippen LogP contribution in [0.2, 0.25) is 0 Å². The maximum Gasteiger partial charge on any atom is 0.244 e. The molecule has 0 saturated heterocycles. The number of hydrogen-bond acceptors (Lipinski definition) is 10. The topological polar surface area (TPSA) is 127 Å². The fourth-order valence-electron chi connectivity index (χ4n) is 4.42. The van der Waals surface area contributed by atoms with Crippen molar-refractivity contribution in [2.45, 2.75) is 35.4 Å². The van der Waals surface area contributed by atoms with Crippen molar-refractivity contribution in [3.8, 4) is 17.2 Å². The van der Waals surface area contributed by atoms with Gasteiger partial charge in [-0.1, -0.05) is 36.4 Å². The Labute approximate surface area is 296 Å². The van der Waals surface area contributed by atoms with Gasteiger partial charge in [0.15, 0.2) is 0 Å². The second-order valence-corrected chi connectivity index (χ2v) is 13.8. The van der Waals surface area contributed by atoms with Crippen LogP contribution in [0.4, 0.5) is 0 Å². The SMILES string of the molecule is CNC(=O)C(CSCc1ccc(OC)cc1)NC(=O)C(CSCc1ccc(OC)cc1)NC(=O)C(CSCc1ccc(OC)cc1)NC. The van der Waals surface area contributed by atoms with Crippen LogP contribution in [0.15, 0.2) is 72.8 Å². The summed E-state index contributed by atoms with van der Waals surface area (Å²) in [6.45, 7) is 0. The largest absolute Gasteiger partial charge is 0.497 e. The predicted octanol–water partition coefficient (Wildman–Crippen LogP) is 4.12. The minimum absolute atomic E-state index is 0.282. The van der Waals surface area contributed by atoms with Crippen molar-refractivity contribution in [3.63, 3.8) is 0 Å². The van der Waals surface area contributed by atoms with E-state index in [1.165, 1.54) is 23.5 Å². The second kappa shape index (κ2) is 21.5. The van der Waals surface area contributed by atoms with Gasteiger partial charge >= 0.3 is 0 Å². The normalized spacial score (nSPS) is 12.7. The van der Waals surface area contributed by atoms with Crippen molar-refractivity contribution >= 4 is 53.0 Å². The molecule has 0 saturated carbocycles. The molecule has 260 valence electrons. The first kappa shape index (κ1) is 38.9. The summed E-state index contributed by atoms with van der Waals surface area (Å²) in [6, 6.07) is 21.1. The number of thioether (sulfide) groups is 3. The molecule has 3 rings (SSSR count). The molecule has 0 aliphatic rings. The molecular formula is C35H46N4O6S3. The lowest BCUT2D eigenvalue weighted by atomic mass is 10.2. The van der Waals surface area contributed by atoms with Crippen molar-refractivity contribution in [2.24, 2.45) is 0 Å². The highest BCUT2D eigenvalue weighted by Crippen LogP contribution is 2.20. The third-order valence-corrected chi connectivity index (χ3v) is 10.6. The molecule has 3 unspecified atom stereocenters. The minimum Gasteiger partial charge on any atom is -0.497 e. The lowest BCUT2D eigenvalue weighted by Gasteiger charge is -2.24. The summed E-state index contributed by atoms with van der Waals surface area (Å²) in [7, 11) is 8.14. The standard InChI is InChI=1S/C35H46N4O6S3/c1-36-30(21-46-18-24-6-12-27(43-3)13-7-24)34(41)39-32(23-48-20-26-10-16-29(45-5)17-11-26)35(42)38-31(33(40)37-2)22-47-19-25-8-14-28(44-4)15-9-25/h6-17,30-32,36H,18-23H2,1-5H3,(H,37,40)(H,38,42)(H,39,41). The summed E-state index contributed by atoms with van der Waals surface area (Å²) < 4.78 is 15.7. The highest BCUT2D eigenvalue weighted by atomic mass is 32.2. The molecule has 0 radical (unpaired) electrons. The van der Waals surface area contributed by atoms with Gasteiger partial charge in [-0.05, 0) is 60.1 Å². The fraction of sp³-hybridized carbons (Fsp3) is 0.400. The Morgan fingerprint density at radius 1 is 0.521 bits per heavy atom. The molecule has 0 spiro atoms. The zero-order chi connectivity index (χ0) is 34.7. The maximum absolute atomic E-state index is 13.7. The van der Waals surface area contributed by atoms with Crippen molar-refractivity contribution < 1.29 is 28.6 Å². The van der Waals surface area contributed by atoms with E-state index in [1.807, 2.05) is 72.8 Å². The van der Waals surface area contributed by atoms with E-state index >= 15 is 0 Å². The van der Waals surface area contributed by atoms with Gasteiger partial charge in [-0.2, -0.15) is 35.3 Å². The first-order valence-corrected chi connectivity index (χ1v) is 18.9. The number of likely N-dealkylation sites (N-methyl/N-ethyl adjacent to an activating group) is 2. The first-order chi connectivity index (χ1) is 23.3. The number of carbonyl (C=O) groups excluding carboxylic acids is 3. The van der Waals surface area contributed by atoms with E-state index in [1.54, 1.807) is 47.2 Å². The number of ether oxygens (including phenoxy) is 3. The van der Waals surface area contributed by atoms with Crippen molar-refractivity contribution in [2.75, 3.05) is 52.7 Å². The molecule has 48 heavy (non-hydrogen) atoms. The number of methoxy groups -OCH3 is 3. The lowest BCUT2D eigenvalue weighted by Crippen LogP contribution is -2.57. The summed E-state index contributed by atoms with van der Waals surface area (Å²) in [4.78, 5) is 40.0. The molecule has 0 heterocycles. The van der Waals surface area contributed by atoms with E-state index in [-0.39, 0.29) is 11.8 Å². The summed E-state index contributed by atoms with van der Waals surface area (Å²) in [6.07, 6.45) is 0. The molecular weight excluding hydrogens is 669 g/mol. The monoisotopic (exact) mass is 714 g/mol. The Hall–Kier alpha value is -3.52. The second-order valence-electron chi connectivity index (χ2n) is 10.7. The van der Waals surface area contributed by atoms with Crippen LogP contribution in [0, 0.1) is 0 Å². The van der Waals surface area contributed by atoms with Gasteiger partial charge in [-0.25, -0.2) is 0 Å². The van der Waals surface area contributed by atoms with Gasteiger partial charge in [-0.15, -0.1) is 0 Å². The van der Waals surface area contributed by atoms with Crippen LogP contribution < -0.4 is 35.5 Å². The Kier molecular flexibility index (Phi) is 17.4. The Morgan fingerprint density at radius 3 is 1.15 bits per heavy atom. The van der Waals surface area contributed by atoms with Gasteiger partial charge in [0.1, 0.15) is 29.3 Å². The van der Waals surface area contributed by atoms with Crippen LogP contribution in [0.25, 0.3) is 0 Å². The number of carbonyl (C=O) groups is 3. The maximum atomic E-state index is 13.7. The van der Waals surface area contributed by atoms with Crippen LogP contribution in [0.5, 0.6) is 17.2 Å². The number of hydrogen-bond donors (Lipinski definition) is 4. The highest BCUT2D eigenvalue weighted by Gasteiger charge is 2.28. The summed E-state index contributed by atoms with van der Waals surface area (Å²) in [5, 5.41) is 11.6. The smallest absolute Gasteiger partial charge is 0.244 e. The number of benzene rings is 3. The molecule has 13 heteroatoms. The van der Waals surface area contributed by atoms with E-state index in [2.05, 4.69) is 21.3 Å². The molecule has 3 aromatic rings. The zero-order valence-corrected chi connectivity index (χ0v) is 30.5. The van der Waals surface area contributed by atoms with Crippen LogP contribution in [-0.2, 0) is 31.6 Å². The van der Waals surface area contributed by atoms with E-state index in [9.17, 15) is 14.4 Å². The molecule has 0 aliphatic heterocycles. The first-order valence-electron chi connectivity index (χ1n) is 15.4. The molecule has 0 aliphatic carbocycles. The molecule has 0 fully saturated rings. The highest BCUT2D eigenvalue weighted by molar-refractivity contribution is 7.99. The van der Waals surface area contributed by atoms with Crippen LogP contribution in [-0.4, -0.2) is 88.5 Å². The lowest BCUT2D eigenvalue weighted by molar-refractivity contribution is -0.131. The number of amides is 3.